The normalized spacial score (nSPS) is 25.5. The van der Waals surface area contributed by atoms with E-state index in [1.54, 1.807) is 24.3 Å². The first-order valence-corrected chi connectivity index (χ1v) is 8.08. The van der Waals surface area contributed by atoms with Gasteiger partial charge in [-0.3, -0.25) is 0 Å². The number of aliphatic hydroxyl groups excluding tert-OH is 1. The van der Waals surface area contributed by atoms with Gasteiger partial charge in [-0.1, -0.05) is 22.9 Å². The SMILES string of the molecule is CC1CCN(S(=O)(=O)c2ccc(Br)cc2)C1CO. The van der Waals surface area contributed by atoms with Crippen molar-refractivity contribution in [1.29, 1.82) is 0 Å². The molecule has 0 saturated carbocycles. The highest BCUT2D eigenvalue weighted by atomic mass is 79.9. The Morgan fingerprint density at radius 3 is 2.56 bits per heavy atom. The second-order valence-corrected chi connectivity index (χ2v) is 7.39. The summed E-state index contributed by atoms with van der Waals surface area (Å²) in [4.78, 5) is 0.276. The van der Waals surface area contributed by atoms with Gasteiger partial charge in [0, 0.05) is 11.0 Å². The molecule has 1 aliphatic rings. The molecule has 2 atom stereocenters. The molecule has 1 N–H and O–H groups in total. The first kappa shape index (κ1) is 14.0. The molecule has 2 unspecified atom stereocenters. The van der Waals surface area contributed by atoms with Crippen LogP contribution in [0.5, 0.6) is 0 Å². The Hall–Kier alpha value is -0.430. The van der Waals surface area contributed by atoms with E-state index in [4.69, 9.17) is 0 Å². The summed E-state index contributed by atoms with van der Waals surface area (Å²) in [7, 11) is -3.50. The molecule has 0 spiro atoms. The van der Waals surface area contributed by atoms with Crippen molar-refractivity contribution in [3.63, 3.8) is 0 Å². The molecular weight excluding hydrogens is 318 g/mol. The second-order valence-electron chi connectivity index (χ2n) is 4.59. The zero-order chi connectivity index (χ0) is 13.3. The third-order valence-electron chi connectivity index (χ3n) is 3.44. The Bertz CT molecular complexity index is 515. The van der Waals surface area contributed by atoms with Crippen LogP contribution in [0.2, 0.25) is 0 Å². The maximum Gasteiger partial charge on any atom is 0.243 e. The Kier molecular flexibility index (Phi) is 4.11. The number of hydrogen-bond acceptors (Lipinski definition) is 3. The first-order valence-electron chi connectivity index (χ1n) is 5.85. The minimum absolute atomic E-state index is 0.128. The summed E-state index contributed by atoms with van der Waals surface area (Å²) in [5, 5.41) is 9.35. The molecule has 4 nitrogen and oxygen atoms in total. The van der Waals surface area contributed by atoms with Gasteiger partial charge < -0.3 is 5.11 Å². The summed E-state index contributed by atoms with van der Waals surface area (Å²) in [5.41, 5.74) is 0. The molecule has 6 heteroatoms. The van der Waals surface area contributed by atoms with Gasteiger partial charge in [-0.05, 0) is 36.6 Å². The van der Waals surface area contributed by atoms with Gasteiger partial charge in [0.05, 0.1) is 17.5 Å². The van der Waals surface area contributed by atoms with Crippen LogP contribution in [-0.4, -0.2) is 37.0 Å². The summed E-state index contributed by atoms with van der Waals surface area (Å²) in [6, 6.07) is 6.27. The molecule has 100 valence electrons. The lowest BCUT2D eigenvalue weighted by molar-refractivity contribution is 0.191. The summed E-state index contributed by atoms with van der Waals surface area (Å²) in [6.07, 6.45) is 0.793. The molecule has 1 aliphatic heterocycles. The average molecular weight is 334 g/mol. The Morgan fingerprint density at radius 2 is 2.00 bits per heavy atom. The highest BCUT2D eigenvalue weighted by Gasteiger charge is 2.38. The van der Waals surface area contributed by atoms with Gasteiger partial charge in [0.25, 0.3) is 0 Å². The molecule has 0 aliphatic carbocycles. The lowest BCUT2D eigenvalue weighted by Gasteiger charge is -2.24. The molecular formula is C12H16BrNO3S. The van der Waals surface area contributed by atoms with E-state index in [9.17, 15) is 13.5 Å². The number of nitrogens with zero attached hydrogens (tertiary/aromatic N) is 1. The smallest absolute Gasteiger partial charge is 0.243 e. The molecule has 18 heavy (non-hydrogen) atoms. The monoisotopic (exact) mass is 333 g/mol. The van der Waals surface area contributed by atoms with Crippen molar-refractivity contribution in [3.05, 3.63) is 28.7 Å². The van der Waals surface area contributed by atoms with Crippen LogP contribution in [0.4, 0.5) is 0 Å². The van der Waals surface area contributed by atoms with Crippen molar-refractivity contribution in [2.24, 2.45) is 5.92 Å². The zero-order valence-electron chi connectivity index (χ0n) is 10.1. The minimum Gasteiger partial charge on any atom is -0.395 e. The van der Waals surface area contributed by atoms with Gasteiger partial charge in [0.2, 0.25) is 10.0 Å². The number of halogens is 1. The Morgan fingerprint density at radius 1 is 1.39 bits per heavy atom. The van der Waals surface area contributed by atoms with Crippen molar-refractivity contribution >= 4 is 26.0 Å². The van der Waals surface area contributed by atoms with E-state index in [0.717, 1.165) is 10.9 Å². The van der Waals surface area contributed by atoms with E-state index in [0.29, 0.717) is 6.54 Å². The van der Waals surface area contributed by atoms with Gasteiger partial charge in [-0.15, -0.1) is 0 Å². The molecule has 1 heterocycles. The summed E-state index contributed by atoms with van der Waals surface area (Å²) >= 11 is 3.28. The predicted octanol–water partition coefficient (Wildman–Crippen LogP) is 1.84. The Labute approximate surface area is 116 Å². The van der Waals surface area contributed by atoms with Gasteiger partial charge in [0.15, 0.2) is 0 Å². The van der Waals surface area contributed by atoms with Crippen LogP contribution in [-0.2, 0) is 10.0 Å². The van der Waals surface area contributed by atoms with Crippen LogP contribution in [0.25, 0.3) is 0 Å². The lowest BCUT2D eigenvalue weighted by Crippen LogP contribution is -2.39. The maximum atomic E-state index is 12.5. The first-order chi connectivity index (χ1) is 8.46. The molecule has 0 aromatic heterocycles. The molecule has 2 rings (SSSR count). The van der Waals surface area contributed by atoms with Gasteiger partial charge in [-0.25, -0.2) is 8.42 Å². The molecule has 0 amide bonds. The maximum absolute atomic E-state index is 12.5. The van der Waals surface area contributed by atoms with E-state index >= 15 is 0 Å². The summed E-state index contributed by atoms with van der Waals surface area (Å²) in [5.74, 6) is 0.195. The third-order valence-corrected chi connectivity index (χ3v) is 5.91. The largest absolute Gasteiger partial charge is 0.395 e. The molecule has 1 fully saturated rings. The van der Waals surface area contributed by atoms with Gasteiger partial charge in [-0.2, -0.15) is 4.31 Å². The van der Waals surface area contributed by atoms with Crippen LogP contribution in [0.1, 0.15) is 13.3 Å². The summed E-state index contributed by atoms with van der Waals surface area (Å²) < 4.78 is 27.2. The van der Waals surface area contributed by atoms with E-state index in [2.05, 4.69) is 15.9 Å². The third kappa shape index (κ3) is 2.47. The fourth-order valence-electron chi connectivity index (χ4n) is 2.28. The zero-order valence-corrected chi connectivity index (χ0v) is 12.5. The molecule has 1 saturated heterocycles. The molecule has 1 aromatic carbocycles. The highest BCUT2D eigenvalue weighted by Crippen LogP contribution is 2.30. The number of aliphatic hydroxyl groups is 1. The van der Waals surface area contributed by atoms with E-state index < -0.39 is 10.0 Å². The minimum atomic E-state index is -3.50. The van der Waals surface area contributed by atoms with Crippen LogP contribution in [0, 0.1) is 5.92 Å². The average Bonchev–Trinajstić information content (AvgIpc) is 2.71. The van der Waals surface area contributed by atoms with E-state index in [1.807, 2.05) is 6.92 Å². The number of benzene rings is 1. The number of sulfonamides is 1. The van der Waals surface area contributed by atoms with Crippen LogP contribution >= 0.6 is 15.9 Å². The van der Waals surface area contributed by atoms with E-state index in [-0.39, 0.29) is 23.5 Å². The number of hydrogen-bond donors (Lipinski definition) is 1. The molecule has 0 radical (unpaired) electrons. The quantitative estimate of drug-likeness (QED) is 0.918. The highest BCUT2D eigenvalue weighted by molar-refractivity contribution is 9.10. The van der Waals surface area contributed by atoms with Crippen molar-refractivity contribution in [2.75, 3.05) is 13.2 Å². The summed E-state index contributed by atoms with van der Waals surface area (Å²) in [6.45, 7) is 2.32. The van der Waals surface area contributed by atoms with Crippen LogP contribution < -0.4 is 0 Å². The second kappa shape index (κ2) is 5.28. The van der Waals surface area contributed by atoms with Crippen molar-refractivity contribution in [3.8, 4) is 0 Å². The molecule has 0 bridgehead atoms. The fourth-order valence-corrected chi connectivity index (χ4v) is 4.28. The fraction of sp³-hybridized carbons (Fsp3) is 0.500. The Balaban J connectivity index is 2.34. The molecule has 1 aromatic rings. The van der Waals surface area contributed by atoms with Crippen molar-refractivity contribution < 1.29 is 13.5 Å². The van der Waals surface area contributed by atoms with Crippen LogP contribution in [0.3, 0.4) is 0 Å². The van der Waals surface area contributed by atoms with Gasteiger partial charge in [0.1, 0.15) is 0 Å². The van der Waals surface area contributed by atoms with Gasteiger partial charge >= 0.3 is 0 Å². The van der Waals surface area contributed by atoms with Crippen LogP contribution in [0.15, 0.2) is 33.6 Å². The van der Waals surface area contributed by atoms with Crippen molar-refractivity contribution in [1.82, 2.24) is 4.31 Å². The van der Waals surface area contributed by atoms with Crippen molar-refractivity contribution in [2.45, 2.75) is 24.3 Å². The predicted molar refractivity (Wildman–Crippen MR) is 72.7 cm³/mol. The topological polar surface area (TPSA) is 57.6 Å². The number of rotatable bonds is 3. The van der Waals surface area contributed by atoms with E-state index in [1.165, 1.54) is 4.31 Å². The lowest BCUT2D eigenvalue weighted by atomic mass is 10.0. The standard InChI is InChI=1S/C12H16BrNO3S/c1-9-6-7-14(12(9)8-15)18(16,17)11-4-2-10(13)3-5-11/h2-5,9,12,15H,6-8H2,1H3.